The summed E-state index contributed by atoms with van der Waals surface area (Å²) in [5.74, 6) is 1.71. The van der Waals surface area contributed by atoms with Crippen LogP contribution in [0.4, 0.5) is 0 Å². The van der Waals surface area contributed by atoms with Crippen molar-refractivity contribution in [1.82, 2.24) is 14.8 Å². The molecule has 0 amide bonds. The molecule has 1 aromatic carbocycles. The molecule has 17 heavy (non-hydrogen) atoms. The van der Waals surface area contributed by atoms with E-state index in [1.54, 1.807) is 11.8 Å². The van der Waals surface area contributed by atoms with E-state index >= 15 is 0 Å². The molecule has 4 nitrogen and oxygen atoms in total. The average Bonchev–Trinajstić information content (AvgIpc) is 2.69. The summed E-state index contributed by atoms with van der Waals surface area (Å²) in [5.41, 5.74) is 6.84. The highest BCUT2D eigenvalue weighted by molar-refractivity contribution is 14.1. The van der Waals surface area contributed by atoms with Crippen molar-refractivity contribution in [3.8, 4) is 0 Å². The number of nitrogens with two attached hydrogens (primary N) is 1. The molecule has 2 aromatic rings. The number of aromatic nitrogens is 3. The lowest BCUT2D eigenvalue weighted by atomic mass is 10.2. The molecule has 2 N–H and O–H groups in total. The molecule has 0 saturated heterocycles. The molecular formula is C11H13IN4S. The summed E-state index contributed by atoms with van der Waals surface area (Å²) in [6.45, 7) is 0.424. The molecule has 90 valence electrons. The molecule has 0 unspecified atom stereocenters. The molecule has 6 heteroatoms. The lowest BCUT2D eigenvalue weighted by molar-refractivity contribution is 0.734. The summed E-state index contributed by atoms with van der Waals surface area (Å²) >= 11 is 3.98. The lowest BCUT2D eigenvalue weighted by Crippen LogP contribution is -2.05. The van der Waals surface area contributed by atoms with Crippen LogP contribution in [0.25, 0.3) is 0 Å². The van der Waals surface area contributed by atoms with Crippen LogP contribution in [0, 0.1) is 3.57 Å². The third kappa shape index (κ3) is 3.20. The second-order valence-corrected chi connectivity index (χ2v) is 5.77. The summed E-state index contributed by atoms with van der Waals surface area (Å²) in [5, 5.41) is 9.05. The van der Waals surface area contributed by atoms with E-state index in [0.29, 0.717) is 6.54 Å². The Hall–Kier alpha value is -0.600. The van der Waals surface area contributed by atoms with Crippen molar-refractivity contribution in [1.29, 1.82) is 0 Å². The third-order valence-corrected chi connectivity index (χ3v) is 4.20. The van der Waals surface area contributed by atoms with Crippen molar-refractivity contribution in [2.24, 2.45) is 12.8 Å². The number of halogens is 1. The van der Waals surface area contributed by atoms with Gasteiger partial charge in [-0.25, -0.2) is 0 Å². The van der Waals surface area contributed by atoms with Crippen LogP contribution in [0.5, 0.6) is 0 Å². The van der Waals surface area contributed by atoms with Crippen molar-refractivity contribution >= 4 is 34.4 Å². The molecule has 0 fully saturated rings. The number of thioether (sulfide) groups is 1. The zero-order valence-electron chi connectivity index (χ0n) is 9.43. The van der Waals surface area contributed by atoms with Crippen molar-refractivity contribution in [2.45, 2.75) is 17.5 Å². The highest BCUT2D eigenvalue weighted by Gasteiger charge is 2.07. The zero-order valence-corrected chi connectivity index (χ0v) is 12.4. The summed E-state index contributed by atoms with van der Waals surface area (Å²) in [6, 6.07) is 8.49. The number of hydrogen-bond acceptors (Lipinski definition) is 4. The minimum absolute atomic E-state index is 0.424. The Kier molecular flexibility index (Phi) is 4.41. The fourth-order valence-corrected chi connectivity index (χ4v) is 2.62. The Morgan fingerprint density at radius 2 is 2.00 bits per heavy atom. The van der Waals surface area contributed by atoms with Gasteiger partial charge in [-0.2, -0.15) is 0 Å². The van der Waals surface area contributed by atoms with Gasteiger partial charge in [-0.15, -0.1) is 10.2 Å². The predicted octanol–water partition coefficient (Wildman–Crippen LogP) is 2.17. The third-order valence-electron chi connectivity index (χ3n) is 2.39. The van der Waals surface area contributed by atoms with Gasteiger partial charge in [0.05, 0.1) is 6.54 Å². The van der Waals surface area contributed by atoms with E-state index in [0.717, 1.165) is 16.7 Å². The van der Waals surface area contributed by atoms with Gasteiger partial charge in [0.1, 0.15) is 5.82 Å². The van der Waals surface area contributed by atoms with Gasteiger partial charge in [-0.3, -0.25) is 0 Å². The van der Waals surface area contributed by atoms with Crippen molar-refractivity contribution in [2.75, 3.05) is 0 Å². The molecule has 0 aliphatic carbocycles. The van der Waals surface area contributed by atoms with E-state index in [9.17, 15) is 0 Å². The Balaban J connectivity index is 2.02. The molecule has 1 aromatic heterocycles. The summed E-state index contributed by atoms with van der Waals surface area (Å²) in [7, 11) is 1.94. The highest BCUT2D eigenvalue weighted by Crippen LogP contribution is 2.21. The molecule has 0 radical (unpaired) electrons. The van der Waals surface area contributed by atoms with Gasteiger partial charge in [0.25, 0.3) is 0 Å². The molecule has 0 aliphatic heterocycles. The molecule has 0 bridgehead atoms. The van der Waals surface area contributed by atoms with Crippen LogP contribution >= 0.6 is 34.4 Å². The molecule has 0 aliphatic rings. The van der Waals surface area contributed by atoms with Crippen molar-refractivity contribution < 1.29 is 0 Å². The van der Waals surface area contributed by atoms with Gasteiger partial charge in [-0.1, -0.05) is 23.9 Å². The Bertz CT molecular complexity index is 495. The fourth-order valence-electron chi connectivity index (χ4n) is 1.38. The maximum absolute atomic E-state index is 5.55. The minimum atomic E-state index is 0.424. The summed E-state index contributed by atoms with van der Waals surface area (Å²) in [4.78, 5) is 0. The van der Waals surface area contributed by atoms with E-state index in [2.05, 4.69) is 57.1 Å². The topological polar surface area (TPSA) is 56.7 Å². The monoisotopic (exact) mass is 360 g/mol. The van der Waals surface area contributed by atoms with E-state index in [-0.39, 0.29) is 0 Å². The van der Waals surface area contributed by atoms with Crippen LogP contribution in [-0.2, 0) is 19.3 Å². The summed E-state index contributed by atoms with van der Waals surface area (Å²) < 4.78 is 3.19. The SMILES string of the molecule is Cn1c(CN)nnc1SCc1ccc(I)cc1. The second kappa shape index (κ2) is 5.83. The molecule has 0 saturated carbocycles. The maximum atomic E-state index is 5.55. The quantitative estimate of drug-likeness (QED) is 0.671. The van der Waals surface area contributed by atoms with Crippen molar-refractivity contribution in [3.05, 3.63) is 39.2 Å². The maximum Gasteiger partial charge on any atom is 0.191 e. The Morgan fingerprint density at radius 1 is 1.29 bits per heavy atom. The van der Waals surface area contributed by atoms with Crippen LogP contribution in [-0.4, -0.2) is 14.8 Å². The van der Waals surface area contributed by atoms with Crippen LogP contribution < -0.4 is 5.73 Å². The van der Waals surface area contributed by atoms with E-state index in [4.69, 9.17) is 5.73 Å². The van der Waals surface area contributed by atoms with Gasteiger partial charge >= 0.3 is 0 Å². The van der Waals surface area contributed by atoms with Crippen LogP contribution in [0.2, 0.25) is 0 Å². The normalized spacial score (nSPS) is 10.8. The van der Waals surface area contributed by atoms with Crippen LogP contribution in [0.15, 0.2) is 29.4 Å². The first-order chi connectivity index (χ1) is 8.20. The number of nitrogens with zero attached hydrogens (tertiary/aromatic N) is 3. The fraction of sp³-hybridized carbons (Fsp3) is 0.273. The average molecular weight is 360 g/mol. The van der Waals surface area contributed by atoms with E-state index in [1.165, 1.54) is 9.13 Å². The Labute approximate surface area is 118 Å². The summed E-state index contributed by atoms with van der Waals surface area (Å²) in [6.07, 6.45) is 0. The lowest BCUT2D eigenvalue weighted by Gasteiger charge is -2.02. The van der Waals surface area contributed by atoms with E-state index < -0.39 is 0 Å². The first-order valence-corrected chi connectivity index (χ1v) is 7.22. The smallest absolute Gasteiger partial charge is 0.191 e. The number of benzene rings is 1. The second-order valence-electron chi connectivity index (χ2n) is 3.58. The van der Waals surface area contributed by atoms with Gasteiger partial charge < -0.3 is 10.3 Å². The number of hydrogen-bond donors (Lipinski definition) is 1. The first-order valence-electron chi connectivity index (χ1n) is 5.16. The molecule has 1 heterocycles. The van der Waals surface area contributed by atoms with Gasteiger partial charge in [0.2, 0.25) is 0 Å². The molecule has 0 spiro atoms. The van der Waals surface area contributed by atoms with Gasteiger partial charge in [0.15, 0.2) is 5.16 Å². The van der Waals surface area contributed by atoms with Crippen LogP contribution in [0.3, 0.4) is 0 Å². The molecule has 0 atom stereocenters. The zero-order chi connectivity index (χ0) is 12.3. The highest BCUT2D eigenvalue weighted by atomic mass is 127. The standard InChI is InChI=1S/C11H13IN4S/c1-16-10(6-13)14-15-11(16)17-7-8-2-4-9(12)5-3-8/h2-5H,6-7,13H2,1H3. The van der Waals surface area contributed by atoms with Crippen LogP contribution in [0.1, 0.15) is 11.4 Å². The van der Waals surface area contributed by atoms with E-state index in [1.807, 2.05) is 11.6 Å². The molecular weight excluding hydrogens is 347 g/mol. The van der Waals surface area contributed by atoms with Gasteiger partial charge in [-0.05, 0) is 40.3 Å². The van der Waals surface area contributed by atoms with Crippen molar-refractivity contribution in [3.63, 3.8) is 0 Å². The first kappa shape index (κ1) is 12.8. The molecule has 2 rings (SSSR count). The Morgan fingerprint density at radius 3 is 2.59 bits per heavy atom. The number of rotatable bonds is 4. The minimum Gasteiger partial charge on any atom is -0.324 e. The largest absolute Gasteiger partial charge is 0.324 e. The predicted molar refractivity (Wildman–Crippen MR) is 77.6 cm³/mol. The van der Waals surface area contributed by atoms with Gasteiger partial charge in [0, 0.05) is 16.4 Å².